The highest BCUT2D eigenvalue weighted by Gasteiger charge is 2.13. The average molecular weight is 481 g/mol. The van der Waals surface area contributed by atoms with Gasteiger partial charge in [-0.2, -0.15) is 0 Å². The molecule has 8 aromatic rings. The molecule has 0 aliphatic heterocycles. The molecule has 0 radical (unpaired) electrons. The molecule has 0 atom stereocenters. The van der Waals surface area contributed by atoms with E-state index in [-0.39, 0.29) is 0 Å². The Kier molecular flexibility index (Phi) is 4.00. The van der Waals surface area contributed by atoms with Crippen molar-refractivity contribution in [2.75, 3.05) is 0 Å². The van der Waals surface area contributed by atoms with Crippen molar-refractivity contribution in [2.45, 2.75) is 6.92 Å². The average Bonchev–Trinajstić information content (AvgIpc) is 3.41. The van der Waals surface area contributed by atoms with Crippen LogP contribution >= 0.6 is 22.7 Å². The normalized spacial score (nSPS) is 12.1. The largest absolute Gasteiger partial charge is 0.135 e. The molecule has 0 aliphatic carbocycles. The smallest absolute Gasteiger partial charge is 0.0362 e. The van der Waals surface area contributed by atoms with E-state index in [1.54, 1.807) is 0 Å². The third kappa shape index (κ3) is 2.97. The molecule has 2 heteroatoms. The van der Waals surface area contributed by atoms with E-state index in [1.165, 1.54) is 78.6 Å². The minimum Gasteiger partial charge on any atom is -0.135 e. The summed E-state index contributed by atoms with van der Waals surface area (Å²) in [5.74, 6) is 0. The summed E-state index contributed by atoms with van der Waals surface area (Å²) in [5, 5.41) is 10.7. The highest BCUT2D eigenvalue weighted by atomic mass is 32.1. The number of hydrogen-bond donors (Lipinski definition) is 0. The van der Waals surface area contributed by atoms with Crippen LogP contribution in [-0.2, 0) is 0 Å². The van der Waals surface area contributed by atoms with E-state index in [2.05, 4.69) is 110 Å². The van der Waals surface area contributed by atoms with Gasteiger partial charge in [0.2, 0.25) is 0 Å². The van der Waals surface area contributed by atoms with Gasteiger partial charge in [-0.3, -0.25) is 0 Å². The Morgan fingerprint density at radius 1 is 0.400 bits per heavy atom. The van der Waals surface area contributed by atoms with Gasteiger partial charge in [0.1, 0.15) is 0 Å². The number of hydrogen-bond acceptors (Lipinski definition) is 2. The van der Waals surface area contributed by atoms with Crippen LogP contribution in [0.1, 0.15) is 5.56 Å². The summed E-state index contributed by atoms with van der Waals surface area (Å²) in [5.41, 5.74) is 3.86. The summed E-state index contributed by atoms with van der Waals surface area (Å²) in [4.78, 5) is 0. The van der Waals surface area contributed by atoms with E-state index in [4.69, 9.17) is 0 Å². The van der Waals surface area contributed by atoms with Gasteiger partial charge in [-0.1, -0.05) is 66.2 Å². The summed E-state index contributed by atoms with van der Waals surface area (Å²) < 4.78 is 5.46. The molecule has 8 rings (SSSR count). The molecule has 0 spiro atoms. The second kappa shape index (κ2) is 7.14. The van der Waals surface area contributed by atoms with Crippen LogP contribution in [0.15, 0.2) is 103 Å². The van der Waals surface area contributed by atoms with Crippen molar-refractivity contribution in [3.63, 3.8) is 0 Å². The number of aryl methyl sites for hydroxylation is 1. The molecule has 164 valence electrons. The van der Waals surface area contributed by atoms with Gasteiger partial charge in [0.15, 0.2) is 0 Å². The fourth-order valence-corrected chi connectivity index (χ4v) is 7.73. The Morgan fingerprint density at radius 2 is 0.943 bits per heavy atom. The third-order valence-corrected chi connectivity index (χ3v) is 9.50. The van der Waals surface area contributed by atoms with Crippen LogP contribution in [0.4, 0.5) is 0 Å². The van der Waals surface area contributed by atoms with Gasteiger partial charge in [-0.05, 0) is 82.1 Å². The minimum atomic E-state index is 1.28. The molecular formula is C33H20S2. The standard InChI is InChI=1S/C33H20S2/c1-19-6-8-20(9-7-19)23-10-11-26-28-17-33-29(18-32(28)34-30(26)15-23)27-14-24-12-21-4-2-3-5-22(21)13-25(24)16-31(27)35-33/h2-18H,1H3. The van der Waals surface area contributed by atoms with Gasteiger partial charge >= 0.3 is 0 Å². The van der Waals surface area contributed by atoms with Crippen LogP contribution in [0.5, 0.6) is 0 Å². The van der Waals surface area contributed by atoms with Crippen LogP contribution < -0.4 is 0 Å². The zero-order valence-electron chi connectivity index (χ0n) is 19.1. The zero-order chi connectivity index (χ0) is 23.1. The highest BCUT2D eigenvalue weighted by molar-refractivity contribution is 7.27. The van der Waals surface area contributed by atoms with E-state index in [1.807, 2.05) is 22.7 Å². The fourth-order valence-electron chi connectivity index (χ4n) is 5.41. The lowest BCUT2D eigenvalue weighted by molar-refractivity contribution is 1.47. The molecule has 0 bridgehead atoms. The SMILES string of the molecule is Cc1ccc(-c2ccc3c(c2)sc2cc4c(cc23)sc2cc3cc5ccccc5cc3cc24)cc1. The van der Waals surface area contributed by atoms with Crippen molar-refractivity contribution in [1.82, 2.24) is 0 Å². The van der Waals surface area contributed by atoms with Crippen molar-refractivity contribution in [3.8, 4) is 11.1 Å². The molecule has 0 saturated carbocycles. The lowest BCUT2D eigenvalue weighted by atomic mass is 10.0. The number of benzene rings is 6. The first-order chi connectivity index (χ1) is 17.2. The van der Waals surface area contributed by atoms with Gasteiger partial charge in [-0.25, -0.2) is 0 Å². The van der Waals surface area contributed by atoms with Crippen molar-refractivity contribution < 1.29 is 0 Å². The summed E-state index contributed by atoms with van der Waals surface area (Å²) in [6.45, 7) is 2.14. The Labute approximate surface area is 210 Å². The maximum absolute atomic E-state index is 2.42. The molecule has 0 nitrogen and oxygen atoms in total. The van der Waals surface area contributed by atoms with Gasteiger partial charge in [0, 0.05) is 40.3 Å². The lowest BCUT2D eigenvalue weighted by Gasteiger charge is -2.03. The van der Waals surface area contributed by atoms with Gasteiger partial charge in [0.25, 0.3) is 0 Å². The van der Waals surface area contributed by atoms with Crippen molar-refractivity contribution in [2.24, 2.45) is 0 Å². The molecule has 2 aromatic heterocycles. The minimum absolute atomic E-state index is 1.28. The monoisotopic (exact) mass is 480 g/mol. The maximum Gasteiger partial charge on any atom is 0.0362 e. The van der Waals surface area contributed by atoms with Crippen LogP contribution in [0.2, 0.25) is 0 Å². The Hall–Kier alpha value is -3.72. The number of fused-ring (bicyclic) bond motifs is 8. The van der Waals surface area contributed by atoms with E-state index in [9.17, 15) is 0 Å². The van der Waals surface area contributed by atoms with Crippen molar-refractivity contribution >= 4 is 84.6 Å². The van der Waals surface area contributed by atoms with Crippen LogP contribution in [0.3, 0.4) is 0 Å². The van der Waals surface area contributed by atoms with E-state index >= 15 is 0 Å². The Bertz CT molecular complexity index is 2100. The quantitative estimate of drug-likeness (QED) is 0.205. The fraction of sp³-hybridized carbons (Fsp3) is 0.0303. The maximum atomic E-state index is 2.42. The molecule has 0 N–H and O–H groups in total. The first kappa shape index (κ1) is 19.6. The molecule has 2 heterocycles. The number of rotatable bonds is 1. The highest BCUT2D eigenvalue weighted by Crippen LogP contribution is 2.43. The van der Waals surface area contributed by atoms with Crippen molar-refractivity contribution in [3.05, 3.63) is 109 Å². The zero-order valence-corrected chi connectivity index (χ0v) is 20.8. The molecule has 0 aliphatic rings. The molecule has 0 saturated heterocycles. The van der Waals surface area contributed by atoms with Crippen LogP contribution in [0.25, 0.3) is 73.0 Å². The third-order valence-electron chi connectivity index (χ3n) is 7.27. The Balaban J connectivity index is 1.35. The van der Waals surface area contributed by atoms with Crippen LogP contribution in [-0.4, -0.2) is 0 Å². The van der Waals surface area contributed by atoms with Crippen molar-refractivity contribution in [1.29, 1.82) is 0 Å². The Morgan fingerprint density at radius 3 is 1.66 bits per heavy atom. The number of thiophene rings is 2. The topological polar surface area (TPSA) is 0 Å². The molecule has 6 aromatic carbocycles. The molecule has 0 unspecified atom stereocenters. The summed E-state index contributed by atoms with van der Waals surface area (Å²) in [6.07, 6.45) is 0. The molecule has 0 amide bonds. The van der Waals surface area contributed by atoms with E-state index in [0.717, 1.165) is 0 Å². The predicted molar refractivity (Wildman–Crippen MR) is 157 cm³/mol. The second-order valence-electron chi connectivity index (χ2n) is 9.52. The molecule has 0 fully saturated rings. The predicted octanol–water partition coefficient (Wildman–Crippen LogP) is 10.7. The second-order valence-corrected chi connectivity index (χ2v) is 11.7. The molecular weight excluding hydrogens is 460 g/mol. The van der Waals surface area contributed by atoms with Gasteiger partial charge < -0.3 is 0 Å². The van der Waals surface area contributed by atoms with Crippen LogP contribution in [0, 0.1) is 6.92 Å². The van der Waals surface area contributed by atoms with Gasteiger partial charge in [-0.15, -0.1) is 22.7 Å². The summed E-state index contributed by atoms with van der Waals surface area (Å²) in [7, 11) is 0. The first-order valence-corrected chi connectivity index (χ1v) is 13.6. The summed E-state index contributed by atoms with van der Waals surface area (Å²) in [6, 6.07) is 38.7. The molecule has 35 heavy (non-hydrogen) atoms. The van der Waals surface area contributed by atoms with E-state index < -0.39 is 0 Å². The lowest BCUT2D eigenvalue weighted by Crippen LogP contribution is -1.78. The first-order valence-electron chi connectivity index (χ1n) is 11.9. The van der Waals surface area contributed by atoms with E-state index in [0.29, 0.717) is 0 Å². The summed E-state index contributed by atoms with van der Waals surface area (Å²) >= 11 is 3.83. The van der Waals surface area contributed by atoms with Gasteiger partial charge in [0.05, 0.1) is 0 Å².